The van der Waals surface area contributed by atoms with Crippen LogP contribution in [0.25, 0.3) is 0 Å². The van der Waals surface area contributed by atoms with Gasteiger partial charge in [-0.05, 0) is 24.1 Å². The van der Waals surface area contributed by atoms with Gasteiger partial charge in [0.2, 0.25) is 11.8 Å². The van der Waals surface area contributed by atoms with Crippen LogP contribution in [0, 0.1) is 0 Å². The Bertz CT molecular complexity index is 440. The van der Waals surface area contributed by atoms with E-state index >= 15 is 0 Å². The molecule has 0 bridgehead atoms. The molecule has 0 aliphatic carbocycles. The SMILES string of the molecule is CCC1(c2ccc(Cl)cc2)C(=O)NCNC1=O. The van der Waals surface area contributed by atoms with Crippen LogP contribution in [-0.2, 0) is 15.0 Å². The summed E-state index contributed by atoms with van der Waals surface area (Å²) in [5.74, 6) is -0.517. The lowest BCUT2D eigenvalue weighted by atomic mass is 9.75. The fraction of sp³-hybridized carbons (Fsp3) is 0.333. The van der Waals surface area contributed by atoms with Crippen molar-refractivity contribution in [3.63, 3.8) is 0 Å². The molecule has 1 heterocycles. The molecular weight excluding hydrogens is 240 g/mol. The highest BCUT2D eigenvalue weighted by Gasteiger charge is 2.47. The smallest absolute Gasteiger partial charge is 0.241 e. The van der Waals surface area contributed by atoms with Gasteiger partial charge >= 0.3 is 0 Å². The Morgan fingerprint density at radius 2 is 1.71 bits per heavy atom. The van der Waals surface area contributed by atoms with Crippen molar-refractivity contribution in [3.05, 3.63) is 34.9 Å². The summed E-state index contributed by atoms with van der Waals surface area (Å²) in [6.07, 6.45) is 0.409. The van der Waals surface area contributed by atoms with Crippen LogP contribution in [-0.4, -0.2) is 18.5 Å². The summed E-state index contributed by atoms with van der Waals surface area (Å²) in [5, 5.41) is 5.91. The van der Waals surface area contributed by atoms with E-state index in [1.54, 1.807) is 24.3 Å². The Morgan fingerprint density at radius 1 is 1.18 bits per heavy atom. The van der Waals surface area contributed by atoms with E-state index in [1.165, 1.54) is 0 Å². The number of benzene rings is 1. The van der Waals surface area contributed by atoms with Gasteiger partial charge in [0.05, 0.1) is 6.67 Å². The summed E-state index contributed by atoms with van der Waals surface area (Å²) >= 11 is 5.81. The van der Waals surface area contributed by atoms with Crippen molar-refractivity contribution in [1.82, 2.24) is 10.6 Å². The minimum Gasteiger partial charge on any atom is -0.337 e. The predicted octanol–water partition coefficient (Wildman–Crippen LogP) is 1.19. The van der Waals surface area contributed by atoms with Crippen LogP contribution in [0.1, 0.15) is 18.9 Å². The van der Waals surface area contributed by atoms with Crippen LogP contribution in [0.4, 0.5) is 0 Å². The molecule has 0 atom stereocenters. The quantitative estimate of drug-likeness (QED) is 0.777. The van der Waals surface area contributed by atoms with E-state index in [2.05, 4.69) is 10.6 Å². The van der Waals surface area contributed by atoms with Crippen molar-refractivity contribution in [1.29, 1.82) is 0 Å². The summed E-state index contributed by atoms with van der Waals surface area (Å²) < 4.78 is 0. The number of hydrogen-bond donors (Lipinski definition) is 2. The van der Waals surface area contributed by atoms with Crippen LogP contribution in [0.3, 0.4) is 0 Å². The van der Waals surface area contributed by atoms with Crippen LogP contribution < -0.4 is 10.6 Å². The highest BCUT2D eigenvalue weighted by molar-refractivity contribution is 6.30. The maximum Gasteiger partial charge on any atom is 0.241 e. The Hall–Kier alpha value is -1.55. The molecule has 0 radical (unpaired) electrons. The number of rotatable bonds is 2. The number of carbonyl (C=O) groups is 2. The summed E-state index contributed by atoms with van der Waals surface area (Å²) in [6.45, 7) is 2.01. The molecule has 0 unspecified atom stereocenters. The largest absolute Gasteiger partial charge is 0.337 e. The fourth-order valence-corrected chi connectivity index (χ4v) is 2.26. The second-order valence-corrected chi connectivity index (χ2v) is 4.39. The molecule has 1 saturated heterocycles. The molecule has 2 N–H and O–H groups in total. The van der Waals surface area contributed by atoms with Crippen LogP contribution >= 0.6 is 11.6 Å². The minimum atomic E-state index is -1.14. The van der Waals surface area contributed by atoms with Crippen LogP contribution in [0.15, 0.2) is 24.3 Å². The van der Waals surface area contributed by atoms with Gasteiger partial charge in [-0.3, -0.25) is 9.59 Å². The number of carbonyl (C=O) groups excluding carboxylic acids is 2. The topological polar surface area (TPSA) is 58.2 Å². The molecule has 1 aliphatic heterocycles. The molecule has 2 amide bonds. The summed E-state index contributed by atoms with van der Waals surface area (Å²) in [4.78, 5) is 24.1. The van der Waals surface area contributed by atoms with Gasteiger partial charge in [0, 0.05) is 5.02 Å². The van der Waals surface area contributed by atoms with Gasteiger partial charge in [-0.25, -0.2) is 0 Å². The Kier molecular flexibility index (Phi) is 3.07. The molecule has 1 aliphatic rings. The molecule has 4 nitrogen and oxygen atoms in total. The molecule has 0 saturated carbocycles. The number of amides is 2. The number of nitrogens with one attached hydrogen (secondary N) is 2. The van der Waals surface area contributed by atoms with Gasteiger partial charge in [-0.15, -0.1) is 0 Å². The number of hydrogen-bond acceptors (Lipinski definition) is 2. The van der Waals surface area contributed by atoms with Gasteiger partial charge in [0.15, 0.2) is 5.41 Å². The van der Waals surface area contributed by atoms with Gasteiger partial charge < -0.3 is 10.6 Å². The van der Waals surface area contributed by atoms with Crippen molar-refractivity contribution in [2.45, 2.75) is 18.8 Å². The van der Waals surface area contributed by atoms with Gasteiger partial charge in [0.25, 0.3) is 0 Å². The van der Waals surface area contributed by atoms with E-state index in [9.17, 15) is 9.59 Å². The van der Waals surface area contributed by atoms with Crippen LogP contribution in [0.2, 0.25) is 5.02 Å². The van der Waals surface area contributed by atoms with E-state index in [4.69, 9.17) is 11.6 Å². The van der Waals surface area contributed by atoms with E-state index in [0.717, 1.165) is 0 Å². The molecule has 0 spiro atoms. The van der Waals surface area contributed by atoms with Gasteiger partial charge in [-0.1, -0.05) is 30.7 Å². The molecule has 0 aromatic heterocycles. The van der Waals surface area contributed by atoms with Gasteiger partial charge in [-0.2, -0.15) is 0 Å². The third-order valence-corrected chi connectivity index (χ3v) is 3.39. The standard InChI is InChI=1S/C12H13ClN2O2/c1-2-12(8-3-5-9(13)6-4-8)10(16)14-7-15-11(12)17/h3-6H,2,7H2,1H3,(H,14,16)(H,15,17). The summed E-state index contributed by atoms with van der Waals surface area (Å²) in [6, 6.07) is 6.81. The lowest BCUT2D eigenvalue weighted by Crippen LogP contribution is -2.62. The molecule has 90 valence electrons. The molecule has 1 fully saturated rings. The fourth-order valence-electron chi connectivity index (χ4n) is 2.13. The van der Waals surface area contributed by atoms with Crippen LogP contribution in [0.5, 0.6) is 0 Å². The Morgan fingerprint density at radius 3 is 2.18 bits per heavy atom. The zero-order valence-corrected chi connectivity index (χ0v) is 10.2. The molecule has 2 rings (SSSR count). The second kappa shape index (κ2) is 4.37. The van der Waals surface area contributed by atoms with Crippen molar-refractivity contribution < 1.29 is 9.59 Å². The second-order valence-electron chi connectivity index (χ2n) is 3.95. The lowest BCUT2D eigenvalue weighted by Gasteiger charge is -2.34. The third-order valence-electron chi connectivity index (χ3n) is 3.14. The molecule has 1 aromatic carbocycles. The first-order valence-corrected chi connectivity index (χ1v) is 5.81. The normalized spacial score (nSPS) is 18.5. The maximum absolute atomic E-state index is 12.0. The van der Waals surface area contributed by atoms with Gasteiger partial charge in [0.1, 0.15) is 0 Å². The first kappa shape index (κ1) is 11.9. The molecular formula is C12H13ClN2O2. The molecule has 1 aromatic rings. The zero-order chi connectivity index (χ0) is 12.5. The highest BCUT2D eigenvalue weighted by atomic mass is 35.5. The van der Waals surface area contributed by atoms with E-state index in [1.807, 2.05) is 6.92 Å². The summed E-state index contributed by atoms with van der Waals surface area (Å²) in [7, 11) is 0. The average Bonchev–Trinajstić information content (AvgIpc) is 2.32. The zero-order valence-electron chi connectivity index (χ0n) is 9.42. The Balaban J connectivity index is 2.52. The third kappa shape index (κ3) is 1.78. The van der Waals surface area contributed by atoms with E-state index < -0.39 is 5.41 Å². The van der Waals surface area contributed by atoms with Crippen molar-refractivity contribution in [2.75, 3.05) is 6.67 Å². The lowest BCUT2D eigenvalue weighted by molar-refractivity contribution is -0.141. The monoisotopic (exact) mass is 252 g/mol. The Labute approximate surface area is 104 Å². The molecule has 5 heteroatoms. The minimum absolute atomic E-state index is 0.188. The van der Waals surface area contributed by atoms with Crippen molar-refractivity contribution in [2.24, 2.45) is 0 Å². The first-order chi connectivity index (χ1) is 8.11. The van der Waals surface area contributed by atoms with Crippen molar-refractivity contribution in [3.8, 4) is 0 Å². The van der Waals surface area contributed by atoms with E-state index in [0.29, 0.717) is 17.0 Å². The number of halogens is 1. The average molecular weight is 253 g/mol. The maximum atomic E-state index is 12.0. The van der Waals surface area contributed by atoms with Crippen molar-refractivity contribution >= 4 is 23.4 Å². The predicted molar refractivity (Wildman–Crippen MR) is 64.6 cm³/mol. The van der Waals surface area contributed by atoms with E-state index in [-0.39, 0.29) is 18.5 Å². The summed E-state index contributed by atoms with van der Waals surface area (Å²) in [5.41, 5.74) is -0.470. The highest BCUT2D eigenvalue weighted by Crippen LogP contribution is 2.31. The first-order valence-electron chi connectivity index (χ1n) is 5.44. The molecule has 17 heavy (non-hydrogen) atoms.